The molecule has 140 valence electrons. The summed E-state index contributed by atoms with van der Waals surface area (Å²) in [5, 5.41) is 11.6. The van der Waals surface area contributed by atoms with Crippen molar-refractivity contribution in [1.29, 1.82) is 5.41 Å². The molecule has 0 aliphatic heterocycles. The summed E-state index contributed by atoms with van der Waals surface area (Å²) in [4.78, 5) is 0. The Bertz CT molecular complexity index is 1190. The molecular weight excluding hydrogens is 338 g/mol. The summed E-state index contributed by atoms with van der Waals surface area (Å²) in [5.74, 6) is 0. The highest BCUT2D eigenvalue weighted by atomic mass is 14.4. The predicted octanol–water partition coefficient (Wildman–Crippen LogP) is 7.30. The molecule has 1 heteroatoms. The first-order valence-electron chi connectivity index (χ1n) is 9.93. The molecule has 0 spiro atoms. The van der Waals surface area contributed by atoms with Crippen molar-refractivity contribution in [3.63, 3.8) is 0 Å². The molecule has 28 heavy (non-hydrogen) atoms. The van der Waals surface area contributed by atoms with Gasteiger partial charge in [-0.05, 0) is 85.2 Å². The van der Waals surface area contributed by atoms with Gasteiger partial charge in [-0.25, -0.2) is 0 Å². The molecule has 3 aromatic rings. The van der Waals surface area contributed by atoms with Gasteiger partial charge in [0.1, 0.15) is 0 Å². The van der Waals surface area contributed by atoms with E-state index in [1.807, 2.05) is 0 Å². The molecule has 0 radical (unpaired) electrons. The van der Waals surface area contributed by atoms with Crippen LogP contribution in [0, 0.1) is 26.2 Å². The topological polar surface area (TPSA) is 23.9 Å². The van der Waals surface area contributed by atoms with Crippen LogP contribution in [0.25, 0.3) is 16.3 Å². The Hall–Kier alpha value is -2.93. The SMILES string of the molecule is CC1=CC(C)=C(c2ccc3ccccc3c2C(=N)c2ccc(C)c(C)c2C)C1. The summed E-state index contributed by atoms with van der Waals surface area (Å²) in [5.41, 5.74) is 11.7. The third kappa shape index (κ3) is 2.92. The van der Waals surface area contributed by atoms with Crippen LogP contribution in [0.15, 0.2) is 65.8 Å². The highest BCUT2D eigenvalue weighted by Crippen LogP contribution is 2.38. The van der Waals surface area contributed by atoms with E-state index in [2.05, 4.69) is 89.2 Å². The van der Waals surface area contributed by atoms with Gasteiger partial charge in [-0.1, -0.05) is 60.2 Å². The molecule has 0 unspecified atom stereocenters. The van der Waals surface area contributed by atoms with Gasteiger partial charge in [0.15, 0.2) is 0 Å². The molecular formula is C27H27N. The molecule has 1 N–H and O–H groups in total. The smallest absolute Gasteiger partial charge is 0.0699 e. The zero-order valence-electron chi connectivity index (χ0n) is 17.4. The van der Waals surface area contributed by atoms with Gasteiger partial charge < -0.3 is 0 Å². The third-order valence-electron chi connectivity index (χ3n) is 6.23. The minimum atomic E-state index is 0.622. The van der Waals surface area contributed by atoms with Crippen molar-refractivity contribution in [2.75, 3.05) is 0 Å². The van der Waals surface area contributed by atoms with Crippen molar-refractivity contribution in [3.8, 4) is 0 Å². The number of rotatable bonds is 3. The standard InChI is InChI=1S/C27H27N/c1-16-14-18(3)25(15-16)24-13-11-21-8-6-7-9-23(21)26(24)27(28)22-12-10-17(2)19(4)20(22)5/h6-14,28H,15H2,1-5H3. The monoisotopic (exact) mass is 365 g/mol. The molecule has 0 amide bonds. The van der Waals surface area contributed by atoms with Crippen LogP contribution in [0.1, 0.15) is 53.6 Å². The molecule has 0 bridgehead atoms. The number of hydrogen-bond acceptors (Lipinski definition) is 1. The maximum atomic E-state index is 9.24. The van der Waals surface area contributed by atoms with Gasteiger partial charge >= 0.3 is 0 Å². The van der Waals surface area contributed by atoms with E-state index in [1.165, 1.54) is 44.4 Å². The van der Waals surface area contributed by atoms with E-state index in [0.29, 0.717) is 5.71 Å². The van der Waals surface area contributed by atoms with Gasteiger partial charge in [-0.15, -0.1) is 0 Å². The second-order valence-electron chi connectivity index (χ2n) is 8.09. The van der Waals surface area contributed by atoms with Gasteiger partial charge in [0, 0.05) is 11.1 Å². The maximum absolute atomic E-state index is 9.24. The summed E-state index contributed by atoms with van der Waals surface area (Å²) < 4.78 is 0. The minimum Gasteiger partial charge on any atom is -0.300 e. The maximum Gasteiger partial charge on any atom is 0.0699 e. The van der Waals surface area contributed by atoms with Gasteiger partial charge in [-0.2, -0.15) is 0 Å². The summed E-state index contributed by atoms with van der Waals surface area (Å²) in [6, 6.07) is 17.1. The number of benzene rings is 3. The lowest BCUT2D eigenvalue weighted by molar-refractivity contribution is 1.24. The molecule has 0 fully saturated rings. The van der Waals surface area contributed by atoms with Crippen LogP contribution in [0.4, 0.5) is 0 Å². The normalized spacial score (nSPS) is 14.0. The van der Waals surface area contributed by atoms with Gasteiger partial charge in [-0.3, -0.25) is 5.41 Å². The average Bonchev–Trinajstić information content (AvgIpc) is 3.02. The van der Waals surface area contributed by atoms with Crippen molar-refractivity contribution < 1.29 is 0 Å². The van der Waals surface area contributed by atoms with E-state index in [4.69, 9.17) is 0 Å². The molecule has 3 aromatic carbocycles. The second kappa shape index (κ2) is 6.91. The van der Waals surface area contributed by atoms with Gasteiger partial charge in [0.25, 0.3) is 0 Å². The summed E-state index contributed by atoms with van der Waals surface area (Å²) >= 11 is 0. The summed E-state index contributed by atoms with van der Waals surface area (Å²) in [7, 11) is 0. The van der Waals surface area contributed by atoms with Crippen molar-refractivity contribution in [2.24, 2.45) is 0 Å². The Morgan fingerprint density at radius 2 is 1.57 bits per heavy atom. The molecule has 0 heterocycles. The van der Waals surface area contributed by atoms with Crippen molar-refractivity contribution >= 4 is 22.1 Å². The largest absolute Gasteiger partial charge is 0.300 e. The number of allylic oxidation sites excluding steroid dienone is 4. The molecule has 1 nitrogen and oxygen atoms in total. The van der Waals surface area contributed by atoms with Crippen LogP contribution in [0.2, 0.25) is 0 Å². The first-order valence-corrected chi connectivity index (χ1v) is 9.93. The lowest BCUT2D eigenvalue weighted by Crippen LogP contribution is -2.10. The van der Waals surface area contributed by atoms with Crippen LogP contribution in [-0.2, 0) is 0 Å². The van der Waals surface area contributed by atoms with E-state index >= 15 is 0 Å². The van der Waals surface area contributed by atoms with E-state index in [-0.39, 0.29) is 0 Å². The van der Waals surface area contributed by atoms with E-state index in [9.17, 15) is 5.41 Å². The van der Waals surface area contributed by atoms with E-state index in [0.717, 1.165) is 22.9 Å². The van der Waals surface area contributed by atoms with Gasteiger partial charge in [0.05, 0.1) is 5.71 Å². The third-order valence-corrected chi connectivity index (χ3v) is 6.23. The first-order chi connectivity index (χ1) is 13.4. The second-order valence-corrected chi connectivity index (χ2v) is 8.09. The Labute approximate surface area is 167 Å². The van der Waals surface area contributed by atoms with E-state index < -0.39 is 0 Å². The predicted molar refractivity (Wildman–Crippen MR) is 121 cm³/mol. The number of nitrogens with one attached hydrogen (secondary N) is 1. The van der Waals surface area contributed by atoms with Crippen LogP contribution in [0.3, 0.4) is 0 Å². The Morgan fingerprint density at radius 1 is 0.821 bits per heavy atom. The lowest BCUT2D eigenvalue weighted by atomic mass is 9.85. The first kappa shape index (κ1) is 18.4. The number of hydrogen-bond donors (Lipinski definition) is 1. The molecule has 4 rings (SSSR count). The fourth-order valence-electron chi connectivity index (χ4n) is 4.39. The molecule has 0 aromatic heterocycles. The van der Waals surface area contributed by atoms with Crippen LogP contribution in [-0.4, -0.2) is 5.71 Å². The molecule has 1 aliphatic rings. The zero-order valence-corrected chi connectivity index (χ0v) is 17.4. The Morgan fingerprint density at radius 3 is 2.29 bits per heavy atom. The minimum absolute atomic E-state index is 0.622. The number of aryl methyl sites for hydroxylation is 1. The fraction of sp³-hybridized carbons (Fsp3) is 0.222. The molecule has 1 aliphatic carbocycles. The van der Waals surface area contributed by atoms with Crippen LogP contribution < -0.4 is 0 Å². The molecule has 0 atom stereocenters. The average molecular weight is 366 g/mol. The summed E-state index contributed by atoms with van der Waals surface area (Å²) in [6.45, 7) is 10.8. The van der Waals surface area contributed by atoms with Crippen LogP contribution in [0.5, 0.6) is 0 Å². The highest BCUT2D eigenvalue weighted by Gasteiger charge is 2.21. The van der Waals surface area contributed by atoms with E-state index in [1.54, 1.807) is 0 Å². The fourth-order valence-corrected chi connectivity index (χ4v) is 4.39. The Balaban J connectivity index is 2.00. The van der Waals surface area contributed by atoms with Crippen molar-refractivity contribution in [2.45, 2.75) is 41.0 Å². The lowest BCUT2D eigenvalue weighted by Gasteiger charge is -2.19. The highest BCUT2D eigenvalue weighted by molar-refractivity contribution is 6.21. The van der Waals surface area contributed by atoms with Crippen molar-refractivity contribution in [1.82, 2.24) is 0 Å². The Kier molecular flexibility index (Phi) is 4.55. The molecule has 0 saturated heterocycles. The van der Waals surface area contributed by atoms with Crippen LogP contribution >= 0.6 is 0 Å². The van der Waals surface area contributed by atoms with Gasteiger partial charge in [0.2, 0.25) is 0 Å². The zero-order chi connectivity index (χ0) is 20.0. The molecule has 0 saturated carbocycles. The summed E-state index contributed by atoms with van der Waals surface area (Å²) in [6.07, 6.45) is 3.25. The number of fused-ring (bicyclic) bond motifs is 1. The van der Waals surface area contributed by atoms with Crippen molar-refractivity contribution in [3.05, 3.63) is 99.1 Å². The quantitative estimate of drug-likeness (QED) is 0.471.